The molecule has 2 N–H and O–H groups in total. The maximum atomic E-state index is 14.4. The number of ether oxygens (including phenoxy) is 1. The molecule has 0 saturated carbocycles. The number of anilines is 1. The molecule has 2 heterocycles. The summed E-state index contributed by atoms with van der Waals surface area (Å²) in [6.07, 6.45) is -3.02. The Morgan fingerprint density at radius 3 is 2.61 bits per heavy atom. The molecule has 0 aliphatic carbocycles. The van der Waals surface area contributed by atoms with E-state index < -0.39 is 54.1 Å². The summed E-state index contributed by atoms with van der Waals surface area (Å²) in [5, 5.41) is 15.9. The number of nitrogens with zero attached hydrogens (tertiary/aromatic N) is 3. The van der Waals surface area contributed by atoms with Gasteiger partial charge >= 0.3 is 12.3 Å². The zero-order valence-corrected chi connectivity index (χ0v) is 18.8. The predicted octanol–water partition coefficient (Wildman–Crippen LogP) is 2.95. The van der Waals surface area contributed by atoms with E-state index in [0.717, 1.165) is 35.2 Å². The third-order valence-electron chi connectivity index (χ3n) is 4.61. The lowest BCUT2D eigenvalue weighted by atomic mass is 10.2. The summed E-state index contributed by atoms with van der Waals surface area (Å²) >= 11 is 5.93. The fourth-order valence-electron chi connectivity index (χ4n) is 2.99. The number of carbonyl (C=O) groups is 1. The molecule has 2 aromatic heterocycles. The summed E-state index contributed by atoms with van der Waals surface area (Å²) in [4.78, 5) is 28.6. The number of alkyl halides is 5. The van der Waals surface area contributed by atoms with Crippen LogP contribution in [0.4, 0.5) is 27.8 Å². The highest BCUT2D eigenvalue weighted by Crippen LogP contribution is 2.25. The SMILES string of the molecule is O=C(Cn1c(Cl)cnc(NCC(F)(F)c2cccc[n+]2[O-])c1=O)NCc1cccc(OC(F)(F)F)c1. The van der Waals surface area contributed by atoms with Gasteiger partial charge in [0.2, 0.25) is 5.91 Å². The van der Waals surface area contributed by atoms with E-state index >= 15 is 0 Å². The number of aromatic nitrogens is 3. The van der Waals surface area contributed by atoms with Gasteiger partial charge in [-0.2, -0.15) is 13.5 Å². The van der Waals surface area contributed by atoms with E-state index in [-0.39, 0.29) is 22.0 Å². The normalized spacial score (nSPS) is 11.7. The largest absolute Gasteiger partial charge is 0.618 e. The molecule has 0 aliphatic heterocycles. The number of hydrogen-bond acceptors (Lipinski definition) is 6. The molecule has 15 heteroatoms. The van der Waals surface area contributed by atoms with Crippen molar-refractivity contribution in [2.24, 2.45) is 0 Å². The lowest BCUT2D eigenvalue weighted by molar-refractivity contribution is -0.624. The highest BCUT2D eigenvalue weighted by Gasteiger charge is 2.39. The molecule has 9 nitrogen and oxygen atoms in total. The van der Waals surface area contributed by atoms with Crippen molar-refractivity contribution in [3.8, 4) is 5.75 Å². The summed E-state index contributed by atoms with van der Waals surface area (Å²) in [6, 6.07) is 8.35. The molecule has 0 aliphatic rings. The number of hydrogen-bond donors (Lipinski definition) is 2. The highest BCUT2D eigenvalue weighted by atomic mass is 35.5. The molecule has 0 bridgehead atoms. The first-order chi connectivity index (χ1) is 16.9. The lowest BCUT2D eigenvalue weighted by Crippen LogP contribution is -2.41. The highest BCUT2D eigenvalue weighted by molar-refractivity contribution is 6.29. The van der Waals surface area contributed by atoms with Gasteiger partial charge in [0, 0.05) is 18.7 Å². The summed E-state index contributed by atoms with van der Waals surface area (Å²) in [7, 11) is 0. The molecule has 1 aromatic carbocycles. The monoisotopic (exact) mass is 533 g/mol. The second-order valence-electron chi connectivity index (χ2n) is 7.26. The van der Waals surface area contributed by atoms with Crippen molar-refractivity contribution in [2.45, 2.75) is 25.4 Å². The van der Waals surface area contributed by atoms with E-state index in [1.54, 1.807) is 0 Å². The fraction of sp³-hybridized carbons (Fsp3) is 0.238. The second kappa shape index (κ2) is 10.8. The molecule has 0 saturated heterocycles. The third-order valence-corrected chi connectivity index (χ3v) is 4.91. The number of nitrogens with one attached hydrogen (secondary N) is 2. The van der Waals surface area contributed by atoms with E-state index in [0.29, 0.717) is 0 Å². The average molecular weight is 534 g/mol. The van der Waals surface area contributed by atoms with Crippen molar-refractivity contribution in [1.29, 1.82) is 0 Å². The molecule has 3 aromatic rings. The van der Waals surface area contributed by atoms with E-state index in [1.807, 2.05) is 0 Å². The van der Waals surface area contributed by atoms with Gasteiger partial charge in [-0.05, 0) is 23.8 Å². The summed E-state index contributed by atoms with van der Waals surface area (Å²) < 4.78 is 70.5. The van der Waals surface area contributed by atoms with Gasteiger partial charge < -0.3 is 20.6 Å². The average Bonchev–Trinajstić information content (AvgIpc) is 2.79. The van der Waals surface area contributed by atoms with E-state index in [2.05, 4.69) is 20.4 Å². The smallest absolute Gasteiger partial charge is 0.573 e. The Labute approximate surface area is 204 Å². The number of pyridine rings is 1. The molecule has 0 radical (unpaired) electrons. The van der Waals surface area contributed by atoms with E-state index in [4.69, 9.17) is 11.6 Å². The molecular formula is C21H17ClF5N5O4. The maximum absolute atomic E-state index is 14.4. The molecule has 192 valence electrons. The molecule has 1 amide bonds. The molecule has 0 fully saturated rings. The minimum absolute atomic E-state index is 0.00939. The van der Waals surface area contributed by atoms with Crippen molar-refractivity contribution in [3.05, 3.63) is 86.8 Å². The van der Waals surface area contributed by atoms with Crippen molar-refractivity contribution in [2.75, 3.05) is 11.9 Å². The van der Waals surface area contributed by atoms with Crippen LogP contribution in [0.2, 0.25) is 5.15 Å². The summed E-state index contributed by atoms with van der Waals surface area (Å²) in [5.41, 5.74) is -1.56. The number of rotatable bonds is 9. The number of halogens is 6. The molecule has 0 unspecified atom stereocenters. The summed E-state index contributed by atoms with van der Waals surface area (Å²) in [5.74, 6) is -5.44. The minimum Gasteiger partial charge on any atom is -0.618 e. The number of carbonyl (C=O) groups excluding carboxylic acids is 1. The van der Waals surface area contributed by atoms with Crippen LogP contribution in [0.5, 0.6) is 5.75 Å². The van der Waals surface area contributed by atoms with Crippen molar-refractivity contribution in [3.63, 3.8) is 0 Å². The van der Waals surface area contributed by atoms with Crippen LogP contribution in [0.15, 0.2) is 59.7 Å². The Hall–Kier alpha value is -3.94. The van der Waals surface area contributed by atoms with Gasteiger partial charge in [-0.15, -0.1) is 13.2 Å². The molecule has 36 heavy (non-hydrogen) atoms. The minimum atomic E-state index is -4.88. The van der Waals surface area contributed by atoms with Crippen LogP contribution < -0.4 is 25.7 Å². The van der Waals surface area contributed by atoms with Crippen molar-refractivity contribution in [1.82, 2.24) is 14.9 Å². The standard InChI is InChI=1S/C21H17ClF5N5O4/c22-16-10-29-18(30-12-20(23,24)15-6-1-2-7-32(15)35)19(34)31(16)11-17(33)28-9-13-4-3-5-14(8-13)36-21(25,26)27/h1-8,10H,9,11-12H2,(H,28,33)(H,29,30). The Morgan fingerprint density at radius 1 is 1.17 bits per heavy atom. The van der Waals surface area contributed by atoms with Crippen LogP contribution in [0, 0.1) is 5.21 Å². The molecule has 0 atom stereocenters. The van der Waals surface area contributed by atoms with Gasteiger partial charge in [0.25, 0.3) is 11.3 Å². The molecule has 0 spiro atoms. The van der Waals surface area contributed by atoms with Crippen LogP contribution in [0.1, 0.15) is 11.3 Å². The molecular weight excluding hydrogens is 517 g/mol. The van der Waals surface area contributed by atoms with E-state index in [9.17, 15) is 36.7 Å². The number of benzene rings is 1. The zero-order valence-electron chi connectivity index (χ0n) is 18.1. The predicted molar refractivity (Wildman–Crippen MR) is 116 cm³/mol. The van der Waals surface area contributed by atoms with Crippen molar-refractivity contribution < 1.29 is 36.2 Å². The topological polar surface area (TPSA) is 112 Å². The quantitative estimate of drug-likeness (QED) is 0.248. The third kappa shape index (κ3) is 7.04. The Bertz CT molecular complexity index is 1300. The first-order valence-electron chi connectivity index (χ1n) is 10.0. The van der Waals surface area contributed by atoms with Crippen LogP contribution in [0.25, 0.3) is 0 Å². The van der Waals surface area contributed by atoms with Crippen molar-refractivity contribution >= 4 is 23.3 Å². The molecule has 3 rings (SSSR count). The Morgan fingerprint density at radius 2 is 1.92 bits per heavy atom. The van der Waals surface area contributed by atoms with Crippen LogP contribution >= 0.6 is 11.6 Å². The second-order valence-corrected chi connectivity index (χ2v) is 7.65. The lowest BCUT2D eigenvalue weighted by Gasteiger charge is -2.17. The summed E-state index contributed by atoms with van der Waals surface area (Å²) in [6.45, 7) is -1.98. The van der Waals surface area contributed by atoms with Crippen LogP contribution in [0.3, 0.4) is 0 Å². The maximum Gasteiger partial charge on any atom is 0.573 e. The Balaban J connectivity index is 1.66. The van der Waals surface area contributed by atoms with Gasteiger partial charge in [0.15, 0.2) is 12.0 Å². The first-order valence-corrected chi connectivity index (χ1v) is 10.4. The van der Waals surface area contributed by atoms with Gasteiger partial charge in [-0.3, -0.25) is 14.2 Å². The zero-order chi connectivity index (χ0) is 26.5. The van der Waals surface area contributed by atoms with Gasteiger partial charge in [-0.25, -0.2) is 4.98 Å². The Kier molecular flexibility index (Phi) is 7.97. The van der Waals surface area contributed by atoms with Crippen LogP contribution in [-0.4, -0.2) is 28.4 Å². The first kappa shape index (κ1) is 26.7. The number of amides is 1. The van der Waals surface area contributed by atoms with Gasteiger partial charge in [0.05, 0.1) is 12.7 Å². The van der Waals surface area contributed by atoms with Crippen LogP contribution in [-0.2, 0) is 23.8 Å². The van der Waals surface area contributed by atoms with E-state index in [1.165, 1.54) is 24.3 Å². The van der Waals surface area contributed by atoms with Gasteiger partial charge in [-0.1, -0.05) is 23.7 Å². The fourth-order valence-corrected chi connectivity index (χ4v) is 3.17. The van der Waals surface area contributed by atoms with Gasteiger partial charge in [0.1, 0.15) is 17.4 Å².